The molecule has 0 amide bonds. The zero-order valence-electron chi connectivity index (χ0n) is 56.4. The maximum atomic E-state index is 5.21. The van der Waals surface area contributed by atoms with Crippen LogP contribution in [0.2, 0.25) is 0 Å². The van der Waals surface area contributed by atoms with Crippen molar-refractivity contribution in [3.63, 3.8) is 0 Å². The van der Waals surface area contributed by atoms with Crippen molar-refractivity contribution in [2.45, 2.75) is 307 Å². The van der Waals surface area contributed by atoms with Crippen LogP contribution in [0.4, 0.5) is 0 Å². The molecule has 0 aromatic rings. The minimum absolute atomic E-state index is 0.664. The molecule has 11 heteroatoms. The second kappa shape index (κ2) is 47.9. The summed E-state index contributed by atoms with van der Waals surface area (Å²) in [6, 6.07) is 6.75. The van der Waals surface area contributed by atoms with Gasteiger partial charge in [0, 0.05) is 80.6 Å². The van der Waals surface area contributed by atoms with Gasteiger partial charge < -0.3 is 39.0 Å². The van der Waals surface area contributed by atoms with Gasteiger partial charge in [0.1, 0.15) is 0 Å². The van der Waals surface area contributed by atoms with E-state index in [0.717, 1.165) is 75.1 Å². The number of morpholine rings is 1. The molecule has 9 rings (SSSR count). The van der Waals surface area contributed by atoms with Crippen LogP contribution in [0.25, 0.3) is 0 Å². The fourth-order valence-corrected chi connectivity index (χ4v) is 11.6. The van der Waals surface area contributed by atoms with Gasteiger partial charge in [-0.15, -0.1) is 0 Å². The molecule has 9 heterocycles. The first-order chi connectivity index (χ1) is 37.2. The summed E-state index contributed by atoms with van der Waals surface area (Å²) in [7, 11) is 0. The molecule has 0 unspecified atom stereocenters. The summed E-state index contributed by atoms with van der Waals surface area (Å²) in [4.78, 5) is 20.3. The van der Waals surface area contributed by atoms with E-state index in [1.54, 1.807) is 0 Å². The Hall–Kier alpha value is -0.440. The summed E-state index contributed by atoms with van der Waals surface area (Å²) in [5, 5.41) is 2.28. The lowest BCUT2D eigenvalue weighted by atomic mass is 10.1. The summed E-state index contributed by atoms with van der Waals surface area (Å²) in [5.41, 5.74) is 3.29. The average Bonchev–Trinajstić information content (AvgIpc) is 4.20. The number of rotatable bonds is 9. The number of likely N-dealkylation sites (tertiary alicyclic amines) is 7. The van der Waals surface area contributed by atoms with Crippen molar-refractivity contribution in [2.24, 2.45) is 0 Å². The number of hydrogen-bond donors (Lipinski definition) is 1. The fraction of sp³-hybridized carbons (Fsp3) is 1.00. The lowest BCUT2D eigenvalue weighted by Gasteiger charge is -2.34. The minimum atomic E-state index is 0.664. The normalized spacial score (nSPS) is 23.0. The van der Waals surface area contributed by atoms with Crippen molar-refractivity contribution in [2.75, 3.05) is 131 Å². The molecule has 9 aliphatic rings. The Labute approximate surface area is 490 Å². The van der Waals surface area contributed by atoms with Crippen molar-refractivity contribution < 1.29 is 4.74 Å². The first-order valence-corrected chi connectivity index (χ1v) is 34.2. The maximum Gasteiger partial charge on any atom is 0.0594 e. The Morgan fingerprint density at radius 1 is 0.205 bits per heavy atom. The van der Waals surface area contributed by atoms with Gasteiger partial charge in [-0.25, -0.2) is 5.01 Å². The van der Waals surface area contributed by atoms with Gasteiger partial charge in [-0.05, 0) is 306 Å². The van der Waals surface area contributed by atoms with E-state index in [1.807, 2.05) is 0 Å². The zero-order chi connectivity index (χ0) is 58.1. The number of hydrazine groups is 1. The molecule has 9 fully saturated rings. The first kappa shape index (κ1) is 75.6. The van der Waals surface area contributed by atoms with Crippen LogP contribution in [0.15, 0.2) is 0 Å². The van der Waals surface area contributed by atoms with E-state index >= 15 is 0 Å². The second-order valence-corrected chi connectivity index (χ2v) is 26.9. The molecule has 0 saturated carbocycles. The van der Waals surface area contributed by atoms with Crippen LogP contribution in [0.5, 0.6) is 0 Å². The summed E-state index contributed by atoms with van der Waals surface area (Å²) >= 11 is 0. The van der Waals surface area contributed by atoms with Crippen LogP contribution >= 0.6 is 0 Å². The monoisotopic (exact) mass is 1110 g/mol. The summed E-state index contributed by atoms with van der Waals surface area (Å²) in [6.07, 6.45) is 28.4. The fourth-order valence-electron chi connectivity index (χ4n) is 11.6. The van der Waals surface area contributed by atoms with Crippen LogP contribution in [-0.4, -0.2) is 230 Å². The van der Waals surface area contributed by atoms with Crippen molar-refractivity contribution in [1.82, 2.24) is 49.6 Å². The third-order valence-corrected chi connectivity index (χ3v) is 17.6. The number of nitrogens with one attached hydrogen (secondary N) is 1. The van der Waals surface area contributed by atoms with Gasteiger partial charge in [-0.2, -0.15) is 0 Å². The van der Waals surface area contributed by atoms with Gasteiger partial charge in [-0.1, -0.05) is 38.5 Å². The van der Waals surface area contributed by atoms with Crippen LogP contribution in [-0.2, 0) is 4.74 Å². The smallest absolute Gasteiger partial charge is 0.0594 e. The van der Waals surface area contributed by atoms with Gasteiger partial charge >= 0.3 is 0 Å². The Bertz CT molecular complexity index is 1120. The molecule has 9 saturated heterocycles. The molecule has 0 atom stereocenters. The number of piperidine rings is 2. The molecule has 0 radical (unpaired) electrons. The molecule has 1 N–H and O–H groups in total. The molecule has 0 aromatic heterocycles. The van der Waals surface area contributed by atoms with Crippen LogP contribution in [0, 0.1) is 0 Å². The zero-order valence-corrected chi connectivity index (χ0v) is 56.4. The Morgan fingerprint density at radius 2 is 0.397 bits per heavy atom. The topological polar surface area (TPSA) is 50.4 Å². The van der Waals surface area contributed by atoms with Crippen molar-refractivity contribution in [3.05, 3.63) is 0 Å². The molecular weight excluding hydrogens is 961 g/mol. The predicted octanol–water partition coefficient (Wildman–Crippen LogP) is 13.7. The summed E-state index contributed by atoms with van der Waals surface area (Å²) < 4.78 is 5.21. The SMILES string of the molecule is CC(C)N1CCC1.CC(C)N1CCCC1.CC(C)N1CCCC1.CC(C)N1CCCCC1.CC(C)N1CCCCC1.CC(C)N1CCCCCC1.CC(C)N1CCCCCC1.CC(C)N1CCCN1.CC(C)N1CCOCC1. The summed E-state index contributed by atoms with van der Waals surface area (Å²) in [5.74, 6) is 0. The second-order valence-electron chi connectivity index (χ2n) is 26.9. The molecule has 0 aromatic carbocycles. The minimum Gasteiger partial charge on any atom is -0.379 e. The van der Waals surface area contributed by atoms with Crippen LogP contribution < -0.4 is 5.43 Å². The summed E-state index contributed by atoms with van der Waals surface area (Å²) in [6.45, 7) is 65.8. The number of nitrogens with zero attached hydrogens (tertiary/aromatic N) is 9. The Morgan fingerprint density at radius 3 is 0.538 bits per heavy atom. The quantitative estimate of drug-likeness (QED) is 0.240. The third-order valence-electron chi connectivity index (χ3n) is 17.6. The molecular formula is C67H144N10O. The van der Waals surface area contributed by atoms with Crippen LogP contribution in [0.3, 0.4) is 0 Å². The van der Waals surface area contributed by atoms with E-state index < -0.39 is 0 Å². The van der Waals surface area contributed by atoms with E-state index in [-0.39, 0.29) is 0 Å². The highest BCUT2D eigenvalue weighted by atomic mass is 16.5. The van der Waals surface area contributed by atoms with Gasteiger partial charge in [0.15, 0.2) is 0 Å². The Kier molecular flexibility index (Phi) is 46.4. The van der Waals surface area contributed by atoms with E-state index in [9.17, 15) is 0 Å². The standard InChI is InChI=1S/2C9H19N.2C8H17N.C7H15NO.2C7H15N.C6H14N2.C6H13N/c2*1-9(2)10-7-5-3-4-6-8-10;2*1-8(2)9-6-4-3-5-7-9;1-7(2)8-3-5-9-6-4-8;2*1-7(2)8-5-3-4-6-8;1-6(2)8-5-3-4-7-8;1-6(2)7-4-3-5-7/h2*9H,3-8H2,1-2H3;2*8H,3-7H2,1-2H3;7H,3-6H2,1-2H3;2*7H,3-6H2,1-2H3;6-7H,3-5H2,1-2H3;6H,3-5H2,1-2H3. The van der Waals surface area contributed by atoms with E-state index in [1.165, 1.54) is 227 Å². The molecule has 9 aliphatic heterocycles. The molecule has 0 aliphatic carbocycles. The lowest BCUT2D eigenvalue weighted by Crippen LogP contribution is -2.41. The van der Waals surface area contributed by atoms with E-state index in [2.05, 4.69) is 174 Å². The number of hydrogen-bond acceptors (Lipinski definition) is 11. The molecule has 0 spiro atoms. The predicted molar refractivity (Wildman–Crippen MR) is 347 cm³/mol. The Balaban J connectivity index is 0.000000439. The van der Waals surface area contributed by atoms with Gasteiger partial charge in [-0.3, -0.25) is 10.3 Å². The average molecular weight is 1110 g/mol. The third kappa shape index (κ3) is 38.4. The molecule has 468 valence electrons. The molecule has 78 heavy (non-hydrogen) atoms. The van der Waals surface area contributed by atoms with Crippen molar-refractivity contribution in [1.29, 1.82) is 0 Å². The van der Waals surface area contributed by atoms with E-state index in [0.29, 0.717) is 12.1 Å². The molecule has 0 bridgehead atoms. The largest absolute Gasteiger partial charge is 0.379 e. The highest BCUT2D eigenvalue weighted by Gasteiger charge is 2.18. The van der Waals surface area contributed by atoms with Gasteiger partial charge in [0.25, 0.3) is 0 Å². The maximum absolute atomic E-state index is 5.21. The first-order valence-electron chi connectivity index (χ1n) is 34.2. The van der Waals surface area contributed by atoms with Crippen molar-refractivity contribution in [3.8, 4) is 0 Å². The van der Waals surface area contributed by atoms with Crippen LogP contribution in [0.1, 0.15) is 253 Å². The molecule has 11 nitrogen and oxygen atoms in total. The van der Waals surface area contributed by atoms with Crippen molar-refractivity contribution >= 4 is 0 Å². The van der Waals surface area contributed by atoms with Gasteiger partial charge in [0.05, 0.1) is 13.2 Å². The van der Waals surface area contributed by atoms with Gasteiger partial charge in [0.2, 0.25) is 0 Å². The lowest BCUT2D eigenvalue weighted by molar-refractivity contribution is 0.0238. The number of ether oxygens (including phenoxy) is 1. The highest BCUT2D eigenvalue weighted by Crippen LogP contribution is 2.16. The highest BCUT2D eigenvalue weighted by molar-refractivity contribution is 4.74. The van der Waals surface area contributed by atoms with E-state index in [4.69, 9.17) is 4.74 Å².